The van der Waals surface area contributed by atoms with E-state index in [0.717, 1.165) is 114 Å². The highest BCUT2D eigenvalue weighted by Gasteiger charge is 2.30. The van der Waals surface area contributed by atoms with Crippen molar-refractivity contribution in [1.29, 1.82) is 0 Å². The Balaban J connectivity index is 5.20. The smallest absolute Gasteiger partial charge is 0.462 e. The highest BCUT2D eigenvalue weighted by Crippen LogP contribution is 2.45. The molecule has 0 aliphatic carbocycles. The fourth-order valence-corrected chi connectivity index (χ4v) is 14.2. The summed E-state index contributed by atoms with van der Waals surface area (Å²) >= 11 is 0. The first kappa shape index (κ1) is 99.1. The summed E-state index contributed by atoms with van der Waals surface area (Å²) in [5.74, 6) is 1.00. The highest BCUT2D eigenvalue weighted by molar-refractivity contribution is 7.47. The molecular formula is C82H160O17P2. The largest absolute Gasteiger partial charge is 0.472 e. The molecule has 0 heterocycles. The lowest BCUT2D eigenvalue weighted by atomic mass is 9.99. The van der Waals surface area contributed by atoms with Gasteiger partial charge in [-0.3, -0.25) is 37.3 Å². The van der Waals surface area contributed by atoms with E-state index in [2.05, 4.69) is 55.4 Å². The monoisotopic (exact) mass is 1480 g/mol. The Hall–Kier alpha value is -1.94. The molecule has 0 spiro atoms. The second-order valence-corrected chi connectivity index (χ2v) is 34.1. The normalized spacial score (nSPS) is 14.3. The van der Waals surface area contributed by atoms with Crippen LogP contribution in [0.15, 0.2) is 0 Å². The number of aliphatic hydroxyl groups excluding tert-OH is 1. The van der Waals surface area contributed by atoms with E-state index >= 15 is 0 Å². The molecule has 17 nitrogen and oxygen atoms in total. The number of hydrogen-bond donors (Lipinski definition) is 3. The lowest BCUT2D eigenvalue weighted by molar-refractivity contribution is -0.161. The van der Waals surface area contributed by atoms with Crippen LogP contribution in [-0.2, 0) is 65.4 Å². The van der Waals surface area contributed by atoms with Crippen molar-refractivity contribution in [3.8, 4) is 0 Å². The van der Waals surface area contributed by atoms with Gasteiger partial charge in [-0.15, -0.1) is 0 Å². The number of unbranched alkanes of at least 4 members (excludes halogenated alkanes) is 44. The van der Waals surface area contributed by atoms with Crippen molar-refractivity contribution in [2.75, 3.05) is 39.6 Å². The van der Waals surface area contributed by atoms with Crippen LogP contribution < -0.4 is 0 Å². The summed E-state index contributed by atoms with van der Waals surface area (Å²) in [5.41, 5.74) is 0. The molecule has 0 aliphatic heterocycles. The minimum absolute atomic E-state index is 0.107. The number of hydrogen-bond acceptors (Lipinski definition) is 15. The summed E-state index contributed by atoms with van der Waals surface area (Å²) < 4.78 is 68.7. The minimum Gasteiger partial charge on any atom is -0.462 e. The van der Waals surface area contributed by atoms with E-state index in [9.17, 15) is 43.2 Å². The molecule has 0 aromatic heterocycles. The van der Waals surface area contributed by atoms with Crippen LogP contribution in [0.4, 0.5) is 0 Å². The molecule has 600 valence electrons. The van der Waals surface area contributed by atoms with Crippen molar-refractivity contribution in [1.82, 2.24) is 0 Å². The molecule has 19 heteroatoms. The third kappa shape index (κ3) is 74.7. The van der Waals surface area contributed by atoms with E-state index in [1.165, 1.54) is 218 Å². The molecule has 4 unspecified atom stereocenters. The Morgan fingerprint density at radius 1 is 0.277 bits per heavy atom. The summed E-state index contributed by atoms with van der Waals surface area (Å²) in [6.07, 6.45) is 58.4. The van der Waals surface area contributed by atoms with Crippen molar-refractivity contribution in [2.45, 2.75) is 440 Å². The van der Waals surface area contributed by atoms with E-state index in [4.69, 9.17) is 37.0 Å². The number of carbonyl (C=O) groups is 4. The van der Waals surface area contributed by atoms with E-state index < -0.39 is 97.5 Å². The fraction of sp³-hybridized carbons (Fsp3) is 0.951. The van der Waals surface area contributed by atoms with Crippen LogP contribution >= 0.6 is 15.6 Å². The lowest BCUT2D eigenvalue weighted by Gasteiger charge is -2.21. The Bertz CT molecular complexity index is 1970. The predicted molar refractivity (Wildman–Crippen MR) is 414 cm³/mol. The van der Waals surface area contributed by atoms with Gasteiger partial charge in [0.15, 0.2) is 12.2 Å². The summed E-state index contributed by atoms with van der Waals surface area (Å²) in [6.45, 7) is 14.3. The maximum atomic E-state index is 13.1. The molecule has 6 atom stereocenters. The Morgan fingerprint density at radius 3 is 0.703 bits per heavy atom. The van der Waals surface area contributed by atoms with Gasteiger partial charge in [0.05, 0.1) is 26.4 Å². The molecule has 0 amide bonds. The number of phosphoric ester groups is 2. The van der Waals surface area contributed by atoms with Crippen molar-refractivity contribution >= 4 is 39.5 Å². The van der Waals surface area contributed by atoms with Crippen molar-refractivity contribution in [3.05, 3.63) is 0 Å². The molecule has 3 N–H and O–H groups in total. The van der Waals surface area contributed by atoms with Gasteiger partial charge in [-0.05, 0) is 49.4 Å². The Kier molecular flexibility index (Phi) is 69.6. The predicted octanol–water partition coefficient (Wildman–Crippen LogP) is 24.4. The standard InChI is InChI=1S/C82H160O17P2/c1-9-75(8)61-53-45-37-29-23-19-16-17-21-25-31-40-49-57-65-81(86)98-77(68-92-79(84)62-54-46-38-32-26-28-35-43-51-59-73(4)5)70-96-100(88,89)94-66-76(83)67-95-101(90,91)97-71-78(69-93-80(85)63-55-47-41-33-36-44-52-60-74(6)7)99-82(87)64-56-48-39-30-24-20-15-13-11-10-12-14-18-22-27-34-42-50-58-72(2)3/h72-78,83H,9-71H2,1-8H3,(H,88,89)(H,90,91)/t75?,76?,77-,78-/m1/s1. The molecule has 0 aliphatic rings. The second-order valence-electron chi connectivity index (χ2n) is 31.2. The van der Waals surface area contributed by atoms with Gasteiger partial charge >= 0.3 is 39.5 Å². The minimum atomic E-state index is -4.96. The van der Waals surface area contributed by atoms with Gasteiger partial charge in [-0.25, -0.2) is 9.13 Å². The van der Waals surface area contributed by atoms with E-state index in [1.54, 1.807) is 0 Å². The van der Waals surface area contributed by atoms with Gasteiger partial charge in [0.25, 0.3) is 0 Å². The third-order valence-electron chi connectivity index (χ3n) is 19.4. The first-order valence-electron chi connectivity index (χ1n) is 42.2. The number of rotatable bonds is 79. The van der Waals surface area contributed by atoms with Gasteiger partial charge in [0, 0.05) is 25.7 Å². The average molecular weight is 1480 g/mol. The average Bonchev–Trinajstić information content (AvgIpc) is 0.932. The maximum Gasteiger partial charge on any atom is 0.472 e. The number of phosphoric acid groups is 2. The molecule has 0 radical (unpaired) electrons. The molecule has 101 heavy (non-hydrogen) atoms. The summed E-state index contributed by atoms with van der Waals surface area (Å²) in [5, 5.41) is 10.6. The molecule has 0 rings (SSSR count). The van der Waals surface area contributed by atoms with E-state index in [1.807, 2.05) is 0 Å². The Labute approximate surface area is 619 Å². The van der Waals surface area contributed by atoms with Crippen molar-refractivity contribution in [3.63, 3.8) is 0 Å². The van der Waals surface area contributed by atoms with Crippen LogP contribution in [-0.4, -0.2) is 96.7 Å². The number of carbonyl (C=O) groups excluding carboxylic acids is 4. The van der Waals surface area contributed by atoms with Crippen LogP contribution in [0, 0.1) is 23.7 Å². The van der Waals surface area contributed by atoms with Crippen LogP contribution in [0.1, 0.15) is 421 Å². The molecule has 0 saturated carbocycles. The first-order valence-corrected chi connectivity index (χ1v) is 45.2. The van der Waals surface area contributed by atoms with E-state index in [0.29, 0.717) is 31.6 Å². The zero-order valence-electron chi connectivity index (χ0n) is 66.5. The fourth-order valence-electron chi connectivity index (χ4n) is 12.6. The summed E-state index contributed by atoms with van der Waals surface area (Å²) in [6, 6.07) is 0. The quantitative estimate of drug-likeness (QED) is 0.0222. The summed E-state index contributed by atoms with van der Waals surface area (Å²) in [7, 11) is -9.92. The van der Waals surface area contributed by atoms with E-state index in [-0.39, 0.29) is 25.7 Å². The molecule has 0 aromatic rings. The number of aliphatic hydroxyl groups is 1. The van der Waals surface area contributed by atoms with Gasteiger partial charge in [-0.2, -0.15) is 0 Å². The summed E-state index contributed by atoms with van der Waals surface area (Å²) in [4.78, 5) is 73.0. The maximum absolute atomic E-state index is 13.1. The van der Waals surface area contributed by atoms with Gasteiger partial charge in [0.2, 0.25) is 0 Å². The molecule has 0 bridgehead atoms. The second kappa shape index (κ2) is 71.0. The molecular weight excluding hydrogens is 1320 g/mol. The Morgan fingerprint density at radius 2 is 0.475 bits per heavy atom. The number of ether oxygens (including phenoxy) is 4. The zero-order valence-corrected chi connectivity index (χ0v) is 68.3. The van der Waals surface area contributed by atoms with Gasteiger partial charge in [0.1, 0.15) is 19.3 Å². The topological polar surface area (TPSA) is 237 Å². The number of esters is 4. The SMILES string of the molecule is CCC(C)CCCCCCCCCCCCCCCCC(=O)O[C@H](COC(=O)CCCCCCCCCCCC(C)C)COP(=O)(O)OCC(O)COP(=O)(O)OC[C@@H](COC(=O)CCCCCCCCCC(C)C)OC(=O)CCCCCCCCCCCCCCCCCCCCC(C)C. The van der Waals surface area contributed by atoms with Crippen molar-refractivity contribution in [2.24, 2.45) is 23.7 Å². The highest BCUT2D eigenvalue weighted by atomic mass is 31.2. The van der Waals surface area contributed by atoms with Gasteiger partial charge < -0.3 is 33.8 Å². The molecule has 0 saturated heterocycles. The first-order chi connectivity index (χ1) is 48.6. The zero-order chi connectivity index (χ0) is 74.6. The third-order valence-corrected chi connectivity index (χ3v) is 21.3. The lowest BCUT2D eigenvalue weighted by Crippen LogP contribution is -2.30. The van der Waals surface area contributed by atoms with Crippen LogP contribution in [0.3, 0.4) is 0 Å². The van der Waals surface area contributed by atoms with Crippen LogP contribution in [0.5, 0.6) is 0 Å². The van der Waals surface area contributed by atoms with Crippen LogP contribution in [0.2, 0.25) is 0 Å². The van der Waals surface area contributed by atoms with Crippen LogP contribution in [0.25, 0.3) is 0 Å². The van der Waals surface area contributed by atoms with Gasteiger partial charge in [-0.1, -0.05) is 370 Å². The molecule has 0 aromatic carbocycles. The molecule has 0 fully saturated rings. The van der Waals surface area contributed by atoms with Crippen molar-refractivity contribution < 1.29 is 80.2 Å².